The molecule has 2 heterocycles. The van der Waals surface area contributed by atoms with Crippen molar-refractivity contribution in [1.29, 1.82) is 0 Å². The van der Waals surface area contributed by atoms with Crippen molar-refractivity contribution in [3.8, 4) is 17.2 Å². The number of aromatic nitrogens is 4. The predicted octanol–water partition coefficient (Wildman–Crippen LogP) is 2.29. The number of pyridine rings is 1. The Morgan fingerprint density at radius 3 is 2.58 bits per heavy atom. The summed E-state index contributed by atoms with van der Waals surface area (Å²) in [5.41, 5.74) is 1.33. The van der Waals surface area contributed by atoms with E-state index in [1.54, 1.807) is 16.7 Å². The van der Waals surface area contributed by atoms with Gasteiger partial charge in [0.2, 0.25) is 5.56 Å². The van der Waals surface area contributed by atoms with Crippen molar-refractivity contribution in [2.75, 3.05) is 0 Å². The topological polar surface area (TPSA) is 66.5 Å². The fraction of sp³-hybridized carbons (Fsp3) is 0. The Bertz CT molecular complexity index is 816. The number of hydrogen-bond donors (Lipinski definition) is 2. The molecule has 94 valence electrons. The molecule has 0 aliphatic heterocycles. The summed E-state index contributed by atoms with van der Waals surface area (Å²) < 4.78 is 2.26. The molecule has 0 unspecified atom stereocenters. The maximum Gasteiger partial charge on any atom is 0.248 e. The van der Waals surface area contributed by atoms with Crippen LogP contribution >= 0.6 is 12.2 Å². The van der Waals surface area contributed by atoms with Gasteiger partial charge in [0.25, 0.3) is 0 Å². The highest BCUT2D eigenvalue weighted by molar-refractivity contribution is 7.71. The van der Waals surface area contributed by atoms with E-state index in [4.69, 9.17) is 12.2 Å². The Labute approximate surface area is 113 Å². The van der Waals surface area contributed by atoms with E-state index in [2.05, 4.69) is 15.2 Å². The standard InChI is InChI=1S/C13H10N4OS/c18-11-8-4-7-10(14-11)12-15-16-13(19)17(12)9-5-2-1-3-6-9/h1-8H,(H,14,18)(H,16,19). The molecule has 0 aliphatic rings. The third kappa shape index (κ3) is 2.13. The first-order valence-corrected chi connectivity index (χ1v) is 6.09. The van der Waals surface area contributed by atoms with Crippen LogP contribution in [0.4, 0.5) is 0 Å². The lowest BCUT2D eigenvalue weighted by Crippen LogP contribution is -2.06. The minimum atomic E-state index is -0.175. The average Bonchev–Trinajstić information content (AvgIpc) is 2.82. The number of aromatic amines is 2. The third-order valence-corrected chi connectivity index (χ3v) is 2.97. The van der Waals surface area contributed by atoms with Crippen LogP contribution < -0.4 is 5.56 Å². The lowest BCUT2D eigenvalue weighted by atomic mass is 10.3. The largest absolute Gasteiger partial charge is 0.319 e. The van der Waals surface area contributed by atoms with Gasteiger partial charge in [0.15, 0.2) is 10.6 Å². The molecule has 3 rings (SSSR count). The Morgan fingerprint density at radius 1 is 1.05 bits per heavy atom. The molecule has 0 fully saturated rings. The molecule has 0 bridgehead atoms. The van der Waals surface area contributed by atoms with Crippen LogP contribution in [0.5, 0.6) is 0 Å². The van der Waals surface area contributed by atoms with Gasteiger partial charge in [-0.1, -0.05) is 24.3 Å². The van der Waals surface area contributed by atoms with Gasteiger partial charge in [-0.05, 0) is 30.4 Å². The summed E-state index contributed by atoms with van der Waals surface area (Å²) in [6.45, 7) is 0. The number of para-hydroxylation sites is 1. The fourth-order valence-electron chi connectivity index (χ4n) is 1.87. The quantitative estimate of drug-likeness (QED) is 0.702. The molecule has 0 amide bonds. The molecule has 5 nitrogen and oxygen atoms in total. The molecule has 3 aromatic rings. The molecule has 0 radical (unpaired) electrons. The number of rotatable bonds is 2. The molecule has 0 saturated heterocycles. The van der Waals surface area contributed by atoms with E-state index in [0.717, 1.165) is 5.69 Å². The lowest BCUT2D eigenvalue weighted by Gasteiger charge is -2.06. The van der Waals surface area contributed by atoms with Crippen molar-refractivity contribution >= 4 is 12.2 Å². The first-order chi connectivity index (χ1) is 9.25. The Balaban J connectivity index is 2.25. The first kappa shape index (κ1) is 11.6. The van der Waals surface area contributed by atoms with E-state index in [-0.39, 0.29) is 5.56 Å². The second-order valence-electron chi connectivity index (χ2n) is 3.95. The summed E-state index contributed by atoms with van der Waals surface area (Å²) in [6.07, 6.45) is 0. The molecular weight excluding hydrogens is 260 g/mol. The SMILES string of the molecule is O=c1cccc(-c2n[nH]c(=S)n2-c2ccccc2)[nH]1. The van der Waals surface area contributed by atoms with Crippen LogP contribution in [0.15, 0.2) is 53.3 Å². The smallest absolute Gasteiger partial charge is 0.248 e. The van der Waals surface area contributed by atoms with Gasteiger partial charge in [-0.2, -0.15) is 5.10 Å². The molecule has 6 heteroatoms. The van der Waals surface area contributed by atoms with E-state index >= 15 is 0 Å². The van der Waals surface area contributed by atoms with Gasteiger partial charge in [-0.3, -0.25) is 14.5 Å². The summed E-state index contributed by atoms with van der Waals surface area (Å²) in [5.74, 6) is 0.578. The molecule has 2 N–H and O–H groups in total. The van der Waals surface area contributed by atoms with Crippen molar-refractivity contribution in [1.82, 2.24) is 19.7 Å². The zero-order valence-corrected chi connectivity index (χ0v) is 10.6. The predicted molar refractivity (Wildman–Crippen MR) is 74.8 cm³/mol. The highest BCUT2D eigenvalue weighted by atomic mass is 32.1. The summed E-state index contributed by atoms with van der Waals surface area (Å²) >= 11 is 5.24. The van der Waals surface area contributed by atoms with E-state index < -0.39 is 0 Å². The number of H-pyrrole nitrogens is 2. The molecule has 19 heavy (non-hydrogen) atoms. The van der Waals surface area contributed by atoms with E-state index in [1.807, 2.05) is 30.3 Å². The second-order valence-corrected chi connectivity index (χ2v) is 4.34. The molecular formula is C13H10N4OS. The summed E-state index contributed by atoms with van der Waals surface area (Å²) in [4.78, 5) is 14.1. The Hall–Kier alpha value is -2.47. The van der Waals surface area contributed by atoms with Gasteiger partial charge in [-0.25, -0.2) is 0 Å². The average molecular weight is 270 g/mol. The van der Waals surface area contributed by atoms with Crippen molar-refractivity contribution < 1.29 is 0 Å². The van der Waals surface area contributed by atoms with E-state index in [1.165, 1.54) is 6.07 Å². The van der Waals surface area contributed by atoms with Crippen molar-refractivity contribution in [2.45, 2.75) is 0 Å². The zero-order chi connectivity index (χ0) is 13.2. The van der Waals surface area contributed by atoms with Gasteiger partial charge >= 0.3 is 0 Å². The summed E-state index contributed by atoms with van der Waals surface area (Å²) in [7, 11) is 0. The molecule has 0 atom stereocenters. The monoisotopic (exact) mass is 270 g/mol. The maximum atomic E-state index is 11.4. The number of benzene rings is 1. The molecule has 0 saturated carbocycles. The van der Waals surface area contributed by atoms with Crippen LogP contribution in [0.1, 0.15) is 0 Å². The molecule has 0 aliphatic carbocycles. The van der Waals surface area contributed by atoms with Gasteiger partial charge < -0.3 is 4.98 Å². The minimum absolute atomic E-state index is 0.175. The number of hydrogen-bond acceptors (Lipinski definition) is 3. The van der Waals surface area contributed by atoms with Crippen LogP contribution in [-0.4, -0.2) is 19.7 Å². The maximum absolute atomic E-state index is 11.4. The van der Waals surface area contributed by atoms with Crippen molar-refractivity contribution in [3.63, 3.8) is 0 Å². The minimum Gasteiger partial charge on any atom is -0.319 e. The number of nitrogens with zero attached hydrogens (tertiary/aromatic N) is 2. The van der Waals surface area contributed by atoms with Crippen LogP contribution in [0.3, 0.4) is 0 Å². The summed E-state index contributed by atoms with van der Waals surface area (Å²) in [5, 5.41) is 6.93. The molecule has 2 aromatic heterocycles. The van der Waals surface area contributed by atoms with Crippen LogP contribution in [0.2, 0.25) is 0 Å². The Morgan fingerprint density at radius 2 is 1.84 bits per heavy atom. The number of nitrogens with one attached hydrogen (secondary N) is 2. The second kappa shape index (κ2) is 4.66. The van der Waals surface area contributed by atoms with Gasteiger partial charge in [0, 0.05) is 6.07 Å². The molecule has 1 aromatic carbocycles. The van der Waals surface area contributed by atoms with E-state index in [0.29, 0.717) is 16.3 Å². The zero-order valence-electron chi connectivity index (χ0n) is 9.83. The van der Waals surface area contributed by atoms with Crippen molar-refractivity contribution in [2.24, 2.45) is 0 Å². The fourth-order valence-corrected chi connectivity index (χ4v) is 2.11. The van der Waals surface area contributed by atoms with Crippen LogP contribution in [-0.2, 0) is 0 Å². The first-order valence-electron chi connectivity index (χ1n) is 5.68. The van der Waals surface area contributed by atoms with Crippen LogP contribution in [0, 0.1) is 4.77 Å². The Kier molecular flexibility index (Phi) is 2.85. The highest BCUT2D eigenvalue weighted by Gasteiger charge is 2.10. The lowest BCUT2D eigenvalue weighted by molar-refractivity contribution is 1.03. The van der Waals surface area contributed by atoms with E-state index in [9.17, 15) is 4.79 Å². The van der Waals surface area contributed by atoms with Crippen molar-refractivity contribution in [3.05, 3.63) is 63.7 Å². The van der Waals surface area contributed by atoms with Gasteiger partial charge in [-0.15, -0.1) is 0 Å². The highest BCUT2D eigenvalue weighted by Crippen LogP contribution is 2.18. The third-order valence-electron chi connectivity index (χ3n) is 2.70. The molecule has 0 spiro atoms. The normalized spacial score (nSPS) is 10.5. The van der Waals surface area contributed by atoms with Crippen LogP contribution in [0.25, 0.3) is 17.2 Å². The summed E-state index contributed by atoms with van der Waals surface area (Å²) in [6, 6.07) is 14.5. The van der Waals surface area contributed by atoms with Gasteiger partial charge in [0.1, 0.15) is 0 Å². The van der Waals surface area contributed by atoms with Gasteiger partial charge in [0.05, 0.1) is 11.4 Å².